The van der Waals surface area contributed by atoms with Gasteiger partial charge in [0, 0.05) is 29.4 Å². The summed E-state index contributed by atoms with van der Waals surface area (Å²) in [6.45, 7) is 5.06. The van der Waals surface area contributed by atoms with E-state index in [2.05, 4.69) is 34.1 Å². The summed E-state index contributed by atoms with van der Waals surface area (Å²) in [5, 5.41) is 3.88. The maximum atomic E-state index is 11.2. The summed E-state index contributed by atoms with van der Waals surface area (Å²) in [6, 6.07) is 5.59. The van der Waals surface area contributed by atoms with Gasteiger partial charge in [-0.25, -0.2) is 4.98 Å². The first-order valence-corrected chi connectivity index (χ1v) is 6.93. The second-order valence-electron chi connectivity index (χ2n) is 4.04. The van der Waals surface area contributed by atoms with Crippen LogP contribution in [-0.2, 0) is 0 Å². The van der Waals surface area contributed by atoms with Crippen LogP contribution in [0, 0.1) is 0 Å². The predicted octanol–water partition coefficient (Wildman–Crippen LogP) is 1.99. The molecule has 100 valence electrons. The molecule has 2 aromatic rings. The van der Waals surface area contributed by atoms with Gasteiger partial charge < -0.3 is 10.3 Å². The molecule has 2 heterocycles. The zero-order valence-electron chi connectivity index (χ0n) is 10.9. The van der Waals surface area contributed by atoms with Crippen LogP contribution in [-0.4, -0.2) is 21.5 Å². The number of aromatic amines is 1. The molecule has 6 heteroatoms. The smallest absolute Gasteiger partial charge is 0.251 e. The average molecular weight is 276 g/mol. The summed E-state index contributed by atoms with van der Waals surface area (Å²) < 4.78 is 0. The van der Waals surface area contributed by atoms with Gasteiger partial charge in [0.15, 0.2) is 5.16 Å². The molecule has 0 saturated heterocycles. The topological polar surface area (TPSA) is 70.7 Å². The lowest BCUT2D eigenvalue weighted by atomic mass is 10.2. The van der Waals surface area contributed by atoms with Crippen molar-refractivity contribution < 1.29 is 0 Å². The fourth-order valence-electron chi connectivity index (χ4n) is 1.63. The highest BCUT2D eigenvalue weighted by atomic mass is 32.2. The lowest BCUT2D eigenvalue weighted by Crippen LogP contribution is -2.18. The van der Waals surface area contributed by atoms with Gasteiger partial charge in [-0.05, 0) is 25.6 Å². The fraction of sp³-hybridized carbons (Fsp3) is 0.308. The molecule has 0 amide bonds. The van der Waals surface area contributed by atoms with Crippen molar-refractivity contribution in [1.29, 1.82) is 0 Å². The van der Waals surface area contributed by atoms with Crippen molar-refractivity contribution in [2.45, 2.75) is 29.9 Å². The SMILES string of the molecule is CCNC(C)c1ccc(Sc2nccc(=O)[nH]2)cn1. The Balaban J connectivity index is 2.08. The number of nitrogens with one attached hydrogen (secondary N) is 2. The van der Waals surface area contributed by atoms with Crippen LogP contribution in [0.2, 0.25) is 0 Å². The van der Waals surface area contributed by atoms with Crippen LogP contribution in [0.5, 0.6) is 0 Å². The van der Waals surface area contributed by atoms with Gasteiger partial charge in [0.25, 0.3) is 5.56 Å². The molecule has 0 aliphatic rings. The van der Waals surface area contributed by atoms with E-state index in [1.165, 1.54) is 24.0 Å². The standard InChI is InChI=1S/C13H16N4OS/c1-3-14-9(2)11-5-4-10(8-16-11)19-13-15-7-6-12(18)17-13/h4-9,14H,3H2,1-2H3,(H,15,17,18). The molecule has 1 atom stereocenters. The lowest BCUT2D eigenvalue weighted by molar-refractivity contribution is 0.582. The third kappa shape index (κ3) is 3.90. The Morgan fingerprint density at radius 1 is 1.37 bits per heavy atom. The van der Waals surface area contributed by atoms with Crippen LogP contribution in [0.4, 0.5) is 0 Å². The van der Waals surface area contributed by atoms with Gasteiger partial charge >= 0.3 is 0 Å². The largest absolute Gasteiger partial charge is 0.309 e. The van der Waals surface area contributed by atoms with Crippen LogP contribution in [0.15, 0.2) is 45.4 Å². The molecule has 0 fully saturated rings. The van der Waals surface area contributed by atoms with Crippen molar-refractivity contribution in [1.82, 2.24) is 20.3 Å². The molecule has 19 heavy (non-hydrogen) atoms. The summed E-state index contributed by atoms with van der Waals surface area (Å²) >= 11 is 1.39. The van der Waals surface area contributed by atoms with Crippen LogP contribution in [0.1, 0.15) is 25.6 Å². The Kier molecular flexibility index (Phi) is 4.70. The molecule has 0 saturated carbocycles. The Hall–Kier alpha value is -1.66. The Morgan fingerprint density at radius 2 is 2.21 bits per heavy atom. The number of aromatic nitrogens is 3. The van der Waals surface area contributed by atoms with E-state index in [0.29, 0.717) is 5.16 Å². The van der Waals surface area contributed by atoms with Crippen molar-refractivity contribution in [3.05, 3.63) is 46.6 Å². The monoisotopic (exact) mass is 276 g/mol. The summed E-state index contributed by atoms with van der Waals surface area (Å²) in [5.41, 5.74) is 0.851. The van der Waals surface area contributed by atoms with Gasteiger partial charge in [0.1, 0.15) is 0 Å². The van der Waals surface area contributed by atoms with Crippen molar-refractivity contribution >= 4 is 11.8 Å². The molecule has 2 N–H and O–H groups in total. The van der Waals surface area contributed by atoms with Crippen LogP contribution in [0.3, 0.4) is 0 Å². The second kappa shape index (κ2) is 6.49. The average Bonchev–Trinajstić information content (AvgIpc) is 2.40. The summed E-state index contributed by atoms with van der Waals surface area (Å²) in [5.74, 6) is 0. The van der Waals surface area contributed by atoms with E-state index in [4.69, 9.17) is 0 Å². The van der Waals surface area contributed by atoms with Crippen molar-refractivity contribution in [3.63, 3.8) is 0 Å². The number of hydrogen-bond acceptors (Lipinski definition) is 5. The Bertz CT molecular complexity index is 582. The zero-order valence-corrected chi connectivity index (χ0v) is 11.7. The molecule has 0 aromatic carbocycles. The number of nitrogens with zero attached hydrogens (tertiary/aromatic N) is 2. The van der Waals surface area contributed by atoms with Gasteiger partial charge in [-0.3, -0.25) is 9.78 Å². The van der Waals surface area contributed by atoms with E-state index >= 15 is 0 Å². The molecule has 0 radical (unpaired) electrons. The van der Waals surface area contributed by atoms with Gasteiger partial charge in [-0.2, -0.15) is 0 Å². The number of hydrogen-bond donors (Lipinski definition) is 2. The van der Waals surface area contributed by atoms with Gasteiger partial charge in [0.2, 0.25) is 0 Å². The van der Waals surface area contributed by atoms with Gasteiger partial charge in [-0.15, -0.1) is 0 Å². The van der Waals surface area contributed by atoms with Crippen LogP contribution >= 0.6 is 11.8 Å². The Morgan fingerprint density at radius 3 is 2.84 bits per heavy atom. The highest BCUT2D eigenvalue weighted by Crippen LogP contribution is 2.23. The number of H-pyrrole nitrogens is 1. The van der Waals surface area contributed by atoms with Crippen molar-refractivity contribution in [2.24, 2.45) is 0 Å². The van der Waals surface area contributed by atoms with Crippen LogP contribution in [0.25, 0.3) is 0 Å². The van der Waals surface area contributed by atoms with E-state index in [-0.39, 0.29) is 11.6 Å². The van der Waals surface area contributed by atoms with Gasteiger partial charge in [0.05, 0.1) is 5.69 Å². The minimum Gasteiger partial charge on any atom is -0.309 e. The molecular formula is C13H16N4OS. The lowest BCUT2D eigenvalue weighted by Gasteiger charge is -2.11. The molecule has 5 nitrogen and oxygen atoms in total. The molecule has 0 aliphatic heterocycles. The van der Waals surface area contributed by atoms with E-state index in [9.17, 15) is 4.79 Å². The zero-order chi connectivity index (χ0) is 13.7. The maximum Gasteiger partial charge on any atom is 0.251 e. The Labute approximate surface area is 115 Å². The minimum absolute atomic E-state index is 0.150. The maximum absolute atomic E-state index is 11.2. The van der Waals surface area contributed by atoms with Gasteiger partial charge in [-0.1, -0.05) is 18.7 Å². The molecule has 0 bridgehead atoms. The minimum atomic E-state index is -0.150. The quantitative estimate of drug-likeness (QED) is 0.817. The number of rotatable bonds is 5. The molecule has 2 rings (SSSR count). The van der Waals surface area contributed by atoms with Crippen molar-refractivity contribution in [2.75, 3.05) is 6.54 Å². The first kappa shape index (κ1) is 13.8. The first-order chi connectivity index (χ1) is 9.19. The third-order valence-electron chi connectivity index (χ3n) is 2.58. The van der Waals surface area contributed by atoms with E-state index in [1.54, 1.807) is 6.20 Å². The molecule has 2 aromatic heterocycles. The number of pyridine rings is 1. The fourth-order valence-corrected chi connectivity index (χ4v) is 2.36. The molecule has 1 unspecified atom stereocenters. The summed E-state index contributed by atoms with van der Waals surface area (Å²) in [4.78, 5) is 23.3. The van der Waals surface area contributed by atoms with E-state index in [1.807, 2.05) is 12.1 Å². The van der Waals surface area contributed by atoms with Crippen molar-refractivity contribution in [3.8, 4) is 0 Å². The molecule has 0 spiro atoms. The van der Waals surface area contributed by atoms with E-state index in [0.717, 1.165) is 17.1 Å². The molecule has 0 aliphatic carbocycles. The predicted molar refractivity (Wildman–Crippen MR) is 75.3 cm³/mol. The van der Waals surface area contributed by atoms with Crippen LogP contribution < -0.4 is 10.9 Å². The first-order valence-electron chi connectivity index (χ1n) is 6.11. The third-order valence-corrected chi connectivity index (χ3v) is 3.45. The van der Waals surface area contributed by atoms with E-state index < -0.39 is 0 Å². The molecular weight excluding hydrogens is 260 g/mol. The highest BCUT2D eigenvalue weighted by molar-refractivity contribution is 7.99. The highest BCUT2D eigenvalue weighted by Gasteiger charge is 2.06. The summed E-state index contributed by atoms with van der Waals surface area (Å²) in [7, 11) is 0. The summed E-state index contributed by atoms with van der Waals surface area (Å²) in [6.07, 6.45) is 3.29. The second-order valence-corrected chi connectivity index (χ2v) is 5.10. The normalized spacial score (nSPS) is 12.3.